The van der Waals surface area contributed by atoms with Gasteiger partial charge in [0.25, 0.3) is 11.5 Å². The molecule has 3 aliphatic rings. The molecule has 164 valence electrons. The molecule has 3 aromatic rings. The Morgan fingerprint density at radius 3 is 2.88 bits per heavy atom. The number of carbonyl (C=O) groups is 1. The first-order valence-electron chi connectivity index (χ1n) is 10.9. The van der Waals surface area contributed by atoms with E-state index in [1.165, 1.54) is 0 Å². The zero-order valence-corrected chi connectivity index (χ0v) is 18.1. The number of nitrogens with zero attached hydrogens (tertiary/aromatic N) is 4. The number of carbonyl (C=O) groups excluding carboxylic acids is 1. The molecule has 1 saturated carbocycles. The van der Waals surface area contributed by atoms with Crippen LogP contribution in [0.2, 0.25) is 0 Å². The number of aromatic nitrogens is 3. The van der Waals surface area contributed by atoms with Crippen LogP contribution in [-0.2, 0) is 12.0 Å². The lowest BCUT2D eigenvalue weighted by Crippen LogP contribution is -2.48. The molecule has 2 atom stereocenters. The molecule has 1 aromatic carbocycles. The summed E-state index contributed by atoms with van der Waals surface area (Å²) in [6.45, 7) is 4.15. The quantitative estimate of drug-likeness (QED) is 0.631. The Morgan fingerprint density at radius 1 is 1.22 bits per heavy atom. The molecule has 1 aliphatic carbocycles. The fourth-order valence-corrected chi connectivity index (χ4v) is 5.25. The van der Waals surface area contributed by atoms with Crippen LogP contribution in [0.4, 0.5) is 0 Å². The minimum atomic E-state index is -0.170. The maximum atomic E-state index is 13.4. The summed E-state index contributed by atoms with van der Waals surface area (Å²) in [7, 11) is 1.66. The van der Waals surface area contributed by atoms with Gasteiger partial charge >= 0.3 is 0 Å². The molecule has 0 unspecified atom stereocenters. The number of methoxy groups -OCH3 is 1. The van der Waals surface area contributed by atoms with Crippen molar-refractivity contribution in [1.29, 1.82) is 0 Å². The van der Waals surface area contributed by atoms with Gasteiger partial charge < -0.3 is 23.5 Å². The summed E-state index contributed by atoms with van der Waals surface area (Å²) in [6, 6.07) is 9.37. The number of rotatable bonds is 4. The third-order valence-electron chi connectivity index (χ3n) is 7.11. The van der Waals surface area contributed by atoms with Gasteiger partial charge in [-0.1, -0.05) is 0 Å². The molecule has 1 amide bonds. The van der Waals surface area contributed by atoms with Gasteiger partial charge in [0.1, 0.15) is 22.9 Å². The normalized spacial score (nSPS) is 23.1. The van der Waals surface area contributed by atoms with Gasteiger partial charge in [-0.15, -0.1) is 0 Å². The summed E-state index contributed by atoms with van der Waals surface area (Å²) < 4.78 is 14.7. The highest BCUT2D eigenvalue weighted by Gasteiger charge is 2.60. The van der Waals surface area contributed by atoms with E-state index in [9.17, 15) is 9.59 Å². The second kappa shape index (κ2) is 6.72. The van der Waals surface area contributed by atoms with Crippen LogP contribution in [0.5, 0.6) is 11.5 Å². The van der Waals surface area contributed by atoms with Gasteiger partial charge in [0.2, 0.25) is 0 Å². The summed E-state index contributed by atoms with van der Waals surface area (Å²) >= 11 is 0. The first-order chi connectivity index (χ1) is 15.5. The molecule has 0 N–H and O–H groups in total. The van der Waals surface area contributed by atoms with Crippen LogP contribution >= 0.6 is 0 Å². The zero-order valence-electron chi connectivity index (χ0n) is 18.1. The van der Waals surface area contributed by atoms with Crippen LogP contribution in [0.3, 0.4) is 0 Å². The molecular formula is C24H24N4O4. The molecule has 0 radical (unpaired) electrons. The van der Waals surface area contributed by atoms with Crippen molar-refractivity contribution in [3.63, 3.8) is 0 Å². The molecular weight excluding hydrogens is 408 g/mol. The third-order valence-corrected chi connectivity index (χ3v) is 7.11. The van der Waals surface area contributed by atoms with Gasteiger partial charge in [-0.2, -0.15) is 0 Å². The van der Waals surface area contributed by atoms with Crippen molar-refractivity contribution in [1.82, 2.24) is 19.0 Å². The number of pyridine rings is 1. The molecule has 8 heteroatoms. The largest absolute Gasteiger partial charge is 0.497 e. The summed E-state index contributed by atoms with van der Waals surface area (Å²) in [4.78, 5) is 32.6. The molecule has 0 bridgehead atoms. The first-order valence-corrected chi connectivity index (χ1v) is 10.9. The second-order valence-corrected chi connectivity index (χ2v) is 8.94. The van der Waals surface area contributed by atoms with E-state index in [1.807, 2.05) is 36.2 Å². The minimum absolute atomic E-state index is 0.0994. The van der Waals surface area contributed by atoms with Crippen molar-refractivity contribution in [3.05, 3.63) is 70.2 Å². The van der Waals surface area contributed by atoms with E-state index in [-0.39, 0.29) is 16.9 Å². The number of hydrogen-bond donors (Lipinski definition) is 0. The standard InChI is InChI=1S/C24H24N4O4/c1-15-11-27(14-25-15)19-4-5-20-22(29)26(7-8-28(20)23(19)30)13-24-10-16(24)12-32-21-6-3-17(31-2)9-18(21)24/h3-6,9,11,14,16H,7-8,10,12-13H2,1-2H3/t16-,24+/m1/s1. The van der Waals surface area contributed by atoms with Crippen LogP contribution in [-0.4, -0.2) is 51.7 Å². The van der Waals surface area contributed by atoms with E-state index in [4.69, 9.17) is 9.47 Å². The van der Waals surface area contributed by atoms with Crippen molar-refractivity contribution in [2.45, 2.75) is 25.3 Å². The fraction of sp³-hybridized carbons (Fsp3) is 0.375. The Hall–Kier alpha value is -3.55. The average Bonchev–Trinajstić information content (AvgIpc) is 3.38. The Morgan fingerprint density at radius 2 is 2.09 bits per heavy atom. The summed E-state index contributed by atoms with van der Waals surface area (Å²) in [6.07, 6.45) is 4.42. The van der Waals surface area contributed by atoms with Crippen molar-refractivity contribution >= 4 is 5.91 Å². The van der Waals surface area contributed by atoms with Crippen molar-refractivity contribution in [2.75, 3.05) is 26.8 Å². The maximum Gasteiger partial charge on any atom is 0.275 e. The Labute approximate surface area is 185 Å². The molecule has 8 nitrogen and oxygen atoms in total. The number of benzene rings is 1. The molecule has 4 heterocycles. The van der Waals surface area contributed by atoms with Crippen molar-refractivity contribution < 1.29 is 14.3 Å². The van der Waals surface area contributed by atoms with Crippen molar-refractivity contribution in [2.24, 2.45) is 5.92 Å². The number of amides is 1. The minimum Gasteiger partial charge on any atom is -0.497 e. The molecule has 6 rings (SSSR count). The lowest BCUT2D eigenvalue weighted by molar-refractivity contribution is 0.0670. The lowest BCUT2D eigenvalue weighted by Gasteiger charge is -2.35. The third kappa shape index (κ3) is 2.71. The Bertz CT molecular complexity index is 1310. The number of aryl methyl sites for hydroxylation is 1. The zero-order chi connectivity index (χ0) is 22.0. The predicted octanol–water partition coefficient (Wildman–Crippen LogP) is 2.16. The molecule has 32 heavy (non-hydrogen) atoms. The highest BCUT2D eigenvalue weighted by Crippen LogP contribution is 2.60. The van der Waals surface area contributed by atoms with E-state index in [1.54, 1.807) is 34.7 Å². The highest BCUT2D eigenvalue weighted by molar-refractivity contribution is 5.93. The van der Waals surface area contributed by atoms with Crippen LogP contribution in [0.25, 0.3) is 5.69 Å². The van der Waals surface area contributed by atoms with Crippen LogP contribution in [0.15, 0.2) is 47.7 Å². The SMILES string of the molecule is COc1ccc2c(c1)[C@]1(CN3CCn4c(ccc(-n5cnc(C)c5)c4=O)C3=O)C[C@@H]1CO2. The summed E-state index contributed by atoms with van der Waals surface area (Å²) in [5.74, 6) is 1.97. The van der Waals surface area contributed by atoms with Crippen molar-refractivity contribution in [3.8, 4) is 17.2 Å². The van der Waals surface area contributed by atoms with E-state index >= 15 is 0 Å². The number of fused-ring (bicyclic) bond motifs is 4. The van der Waals surface area contributed by atoms with Crippen LogP contribution in [0.1, 0.15) is 28.2 Å². The van der Waals surface area contributed by atoms with Crippen LogP contribution < -0.4 is 15.0 Å². The number of imidazole rings is 1. The lowest BCUT2D eigenvalue weighted by atomic mass is 9.89. The molecule has 0 spiro atoms. The highest BCUT2D eigenvalue weighted by atomic mass is 16.5. The van der Waals surface area contributed by atoms with Gasteiger partial charge in [0.05, 0.1) is 25.7 Å². The fourth-order valence-electron chi connectivity index (χ4n) is 5.25. The first kappa shape index (κ1) is 19.2. The van der Waals surface area contributed by atoms with Gasteiger partial charge in [-0.05, 0) is 43.7 Å². The summed E-state index contributed by atoms with van der Waals surface area (Å²) in [5, 5.41) is 0. The van der Waals surface area contributed by atoms with Crippen LogP contribution in [0, 0.1) is 12.8 Å². The van der Waals surface area contributed by atoms with E-state index < -0.39 is 0 Å². The number of hydrogen-bond acceptors (Lipinski definition) is 5. The summed E-state index contributed by atoms with van der Waals surface area (Å²) in [5.41, 5.74) is 2.62. The Kier molecular flexibility index (Phi) is 4.02. The monoisotopic (exact) mass is 432 g/mol. The topological polar surface area (TPSA) is 78.6 Å². The van der Waals surface area contributed by atoms with Gasteiger partial charge in [0.15, 0.2) is 0 Å². The molecule has 2 aromatic heterocycles. The molecule has 2 aliphatic heterocycles. The van der Waals surface area contributed by atoms with E-state index in [0.717, 1.165) is 29.2 Å². The van der Waals surface area contributed by atoms with E-state index in [2.05, 4.69) is 4.98 Å². The predicted molar refractivity (Wildman–Crippen MR) is 117 cm³/mol. The average molecular weight is 432 g/mol. The smallest absolute Gasteiger partial charge is 0.275 e. The molecule has 0 saturated heterocycles. The number of ether oxygens (including phenoxy) is 2. The maximum absolute atomic E-state index is 13.4. The van der Waals surface area contributed by atoms with Gasteiger partial charge in [-0.25, -0.2) is 4.98 Å². The van der Waals surface area contributed by atoms with Gasteiger partial charge in [-0.3, -0.25) is 9.59 Å². The van der Waals surface area contributed by atoms with E-state index in [0.29, 0.717) is 43.5 Å². The Balaban J connectivity index is 1.31. The second-order valence-electron chi connectivity index (χ2n) is 8.94. The molecule has 1 fully saturated rings. The van der Waals surface area contributed by atoms with Gasteiger partial charge in [0, 0.05) is 42.7 Å².